The lowest BCUT2D eigenvalue weighted by Gasteiger charge is -2.11. The van der Waals surface area contributed by atoms with Gasteiger partial charge in [0.2, 0.25) is 0 Å². The highest BCUT2D eigenvalue weighted by molar-refractivity contribution is 14.1. The van der Waals surface area contributed by atoms with Gasteiger partial charge in [0.05, 0.1) is 16.6 Å². The van der Waals surface area contributed by atoms with Crippen molar-refractivity contribution in [3.05, 3.63) is 27.3 Å². The van der Waals surface area contributed by atoms with E-state index in [4.69, 9.17) is 4.74 Å². The Morgan fingerprint density at radius 1 is 1.39 bits per heavy atom. The van der Waals surface area contributed by atoms with E-state index < -0.39 is 12.3 Å². The van der Waals surface area contributed by atoms with Crippen LogP contribution in [0.1, 0.15) is 12.5 Å². The summed E-state index contributed by atoms with van der Waals surface area (Å²) in [4.78, 5) is 11.2. The van der Waals surface area contributed by atoms with Crippen molar-refractivity contribution in [3.63, 3.8) is 0 Å². The monoisotopic (exact) mass is 374 g/mol. The third-order valence-corrected chi connectivity index (χ3v) is 2.77. The fraction of sp³-hybridized carbons (Fsp3) is 0.364. The lowest BCUT2D eigenvalue weighted by molar-refractivity contribution is -0.274. The number of rotatable bonds is 4. The topological polar surface area (TPSA) is 35.5 Å². The second kappa shape index (κ2) is 6.26. The Balaban J connectivity index is 2.84. The summed E-state index contributed by atoms with van der Waals surface area (Å²) in [6.07, 6.45) is -4.83. The first-order valence-electron chi connectivity index (χ1n) is 5.01. The van der Waals surface area contributed by atoms with Crippen LogP contribution in [0.25, 0.3) is 0 Å². The van der Waals surface area contributed by atoms with Crippen molar-refractivity contribution < 1.29 is 27.4 Å². The van der Waals surface area contributed by atoms with Gasteiger partial charge in [-0.25, -0.2) is 0 Å². The summed E-state index contributed by atoms with van der Waals surface area (Å²) >= 11 is 1.73. The standard InChI is InChI=1S/C11H10F3IO3/c1-2-17-10(16)6-7-3-4-8(15)9(5-7)18-11(12,13)14/h3-5H,2,6H2,1H3. The van der Waals surface area contributed by atoms with Crippen LogP contribution in [0.3, 0.4) is 0 Å². The number of benzene rings is 1. The number of halogens is 4. The van der Waals surface area contributed by atoms with Gasteiger partial charge in [0.1, 0.15) is 5.75 Å². The fourth-order valence-electron chi connectivity index (χ4n) is 1.24. The Kier molecular flexibility index (Phi) is 5.24. The minimum atomic E-state index is -4.75. The number of alkyl halides is 3. The van der Waals surface area contributed by atoms with E-state index in [1.807, 2.05) is 0 Å². The van der Waals surface area contributed by atoms with Crippen LogP contribution in [-0.2, 0) is 16.0 Å². The van der Waals surface area contributed by atoms with E-state index >= 15 is 0 Å². The molecular formula is C11H10F3IO3. The molecule has 0 aromatic heterocycles. The summed E-state index contributed by atoms with van der Waals surface area (Å²) in [5, 5.41) is 0. The zero-order valence-corrected chi connectivity index (χ0v) is 11.5. The molecule has 0 radical (unpaired) electrons. The molecule has 0 heterocycles. The summed E-state index contributed by atoms with van der Waals surface area (Å²) in [5.41, 5.74) is 0.410. The zero-order chi connectivity index (χ0) is 13.8. The van der Waals surface area contributed by atoms with Crippen LogP contribution in [-0.4, -0.2) is 18.9 Å². The lowest BCUT2D eigenvalue weighted by atomic mass is 10.1. The molecule has 1 aromatic rings. The van der Waals surface area contributed by atoms with Gasteiger partial charge in [-0.2, -0.15) is 0 Å². The summed E-state index contributed by atoms with van der Waals surface area (Å²) in [6.45, 7) is 1.89. The van der Waals surface area contributed by atoms with Gasteiger partial charge in [-0.1, -0.05) is 6.07 Å². The molecule has 3 nitrogen and oxygen atoms in total. The average Bonchev–Trinajstić information content (AvgIpc) is 2.21. The molecule has 0 aliphatic rings. The van der Waals surface area contributed by atoms with E-state index in [1.165, 1.54) is 12.1 Å². The Bertz CT molecular complexity index is 432. The van der Waals surface area contributed by atoms with Crippen LogP contribution >= 0.6 is 22.6 Å². The molecule has 0 saturated carbocycles. The molecule has 0 saturated heterocycles. The Morgan fingerprint density at radius 3 is 2.61 bits per heavy atom. The highest BCUT2D eigenvalue weighted by atomic mass is 127. The second-order valence-electron chi connectivity index (χ2n) is 3.29. The molecule has 0 bridgehead atoms. The Labute approximate surface area is 115 Å². The predicted octanol–water partition coefficient (Wildman–Crippen LogP) is 3.30. The SMILES string of the molecule is CCOC(=O)Cc1ccc(I)c(OC(F)(F)F)c1. The summed E-state index contributed by atoms with van der Waals surface area (Å²) in [7, 11) is 0. The molecule has 0 spiro atoms. The summed E-state index contributed by atoms with van der Waals surface area (Å²) < 4.78 is 45.2. The first kappa shape index (κ1) is 15.1. The third-order valence-electron chi connectivity index (χ3n) is 1.88. The zero-order valence-electron chi connectivity index (χ0n) is 9.38. The molecule has 0 aliphatic carbocycles. The number of carbonyl (C=O) groups is 1. The Hall–Kier alpha value is -0.990. The highest BCUT2D eigenvalue weighted by Gasteiger charge is 2.32. The maximum atomic E-state index is 12.1. The quantitative estimate of drug-likeness (QED) is 0.600. The summed E-state index contributed by atoms with van der Waals surface area (Å²) in [5.74, 6) is -0.804. The van der Waals surface area contributed by atoms with Gasteiger partial charge in [-0.05, 0) is 47.2 Å². The molecule has 0 amide bonds. The molecule has 0 unspecified atom stereocenters. The predicted molar refractivity (Wildman–Crippen MR) is 66.2 cm³/mol. The summed E-state index contributed by atoms with van der Waals surface area (Å²) in [6, 6.07) is 4.20. The van der Waals surface area contributed by atoms with Crippen molar-refractivity contribution in [1.82, 2.24) is 0 Å². The van der Waals surface area contributed by atoms with Crippen molar-refractivity contribution in [2.75, 3.05) is 6.61 Å². The molecule has 100 valence electrons. The van der Waals surface area contributed by atoms with Gasteiger partial charge < -0.3 is 9.47 Å². The molecule has 7 heteroatoms. The number of ether oxygens (including phenoxy) is 2. The highest BCUT2D eigenvalue weighted by Crippen LogP contribution is 2.28. The number of hydrogen-bond acceptors (Lipinski definition) is 3. The smallest absolute Gasteiger partial charge is 0.466 e. The molecule has 0 atom stereocenters. The van der Waals surface area contributed by atoms with Crippen molar-refractivity contribution in [3.8, 4) is 5.75 Å². The maximum Gasteiger partial charge on any atom is 0.573 e. The number of carbonyl (C=O) groups excluding carboxylic acids is 1. The van der Waals surface area contributed by atoms with Crippen LogP contribution in [0.4, 0.5) is 13.2 Å². The largest absolute Gasteiger partial charge is 0.573 e. The van der Waals surface area contributed by atoms with Gasteiger partial charge >= 0.3 is 12.3 Å². The van der Waals surface area contributed by atoms with Gasteiger partial charge in [0, 0.05) is 0 Å². The molecule has 1 rings (SSSR count). The van der Waals surface area contributed by atoms with Gasteiger partial charge in [0.25, 0.3) is 0 Å². The Morgan fingerprint density at radius 2 is 2.06 bits per heavy atom. The van der Waals surface area contributed by atoms with Gasteiger partial charge in [-0.15, -0.1) is 13.2 Å². The van der Waals surface area contributed by atoms with E-state index in [2.05, 4.69) is 4.74 Å². The van der Waals surface area contributed by atoms with Crippen LogP contribution in [0.15, 0.2) is 18.2 Å². The average molecular weight is 374 g/mol. The molecule has 0 N–H and O–H groups in total. The molecule has 18 heavy (non-hydrogen) atoms. The van der Waals surface area contributed by atoms with Crippen LogP contribution in [0, 0.1) is 3.57 Å². The molecular weight excluding hydrogens is 364 g/mol. The van der Waals surface area contributed by atoms with Crippen molar-refractivity contribution in [2.45, 2.75) is 19.7 Å². The molecule has 0 aliphatic heterocycles. The fourth-order valence-corrected chi connectivity index (χ4v) is 1.68. The van der Waals surface area contributed by atoms with E-state index in [0.29, 0.717) is 9.13 Å². The van der Waals surface area contributed by atoms with Crippen molar-refractivity contribution in [1.29, 1.82) is 0 Å². The minimum absolute atomic E-state index is 0.0843. The minimum Gasteiger partial charge on any atom is -0.466 e. The normalized spacial score (nSPS) is 11.2. The van der Waals surface area contributed by atoms with Gasteiger partial charge in [-0.3, -0.25) is 4.79 Å². The van der Waals surface area contributed by atoms with E-state index in [1.54, 1.807) is 35.6 Å². The van der Waals surface area contributed by atoms with Crippen LogP contribution < -0.4 is 4.74 Å². The number of esters is 1. The van der Waals surface area contributed by atoms with Crippen LogP contribution in [0.5, 0.6) is 5.75 Å². The number of hydrogen-bond donors (Lipinski definition) is 0. The van der Waals surface area contributed by atoms with E-state index in [0.717, 1.165) is 0 Å². The molecule has 1 aromatic carbocycles. The second-order valence-corrected chi connectivity index (χ2v) is 4.46. The van der Waals surface area contributed by atoms with Crippen molar-refractivity contribution >= 4 is 28.6 Å². The maximum absolute atomic E-state index is 12.1. The third kappa shape index (κ3) is 5.11. The van der Waals surface area contributed by atoms with E-state index in [-0.39, 0.29) is 18.8 Å². The lowest BCUT2D eigenvalue weighted by Crippen LogP contribution is -2.18. The first-order chi connectivity index (χ1) is 8.31. The molecule has 0 fully saturated rings. The van der Waals surface area contributed by atoms with E-state index in [9.17, 15) is 18.0 Å². The van der Waals surface area contributed by atoms with Crippen LogP contribution in [0.2, 0.25) is 0 Å². The van der Waals surface area contributed by atoms with Crippen molar-refractivity contribution in [2.24, 2.45) is 0 Å². The first-order valence-corrected chi connectivity index (χ1v) is 6.09. The van der Waals surface area contributed by atoms with Gasteiger partial charge in [0.15, 0.2) is 0 Å².